The summed E-state index contributed by atoms with van der Waals surface area (Å²) in [5, 5.41) is 18.6. The van der Waals surface area contributed by atoms with Gasteiger partial charge in [0, 0.05) is 17.8 Å². The topological polar surface area (TPSA) is 60.8 Å². The maximum Gasteiger partial charge on any atom is 0.258 e. The van der Waals surface area contributed by atoms with Gasteiger partial charge in [0.2, 0.25) is 0 Å². The van der Waals surface area contributed by atoms with Crippen molar-refractivity contribution in [3.63, 3.8) is 0 Å². The average molecular weight is 271 g/mol. The Morgan fingerprint density at radius 1 is 0.950 bits per heavy atom. The predicted octanol–water partition coefficient (Wildman–Crippen LogP) is 3.15. The van der Waals surface area contributed by atoms with E-state index in [-0.39, 0.29) is 17.4 Å². The number of rotatable bonds is 4. The quantitative estimate of drug-likeness (QED) is 0.898. The van der Waals surface area contributed by atoms with Crippen molar-refractivity contribution in [1.29, 1.82) is 0 Å². The molecule has 0 saturated heterocycles. The zero-order valence-corrected chi connectivity index (χ0v) is 11.3. The standard InChI is InChI=1S/C16H17NO3/c1-2-11-17(13-5-9-15(19)10-6-13)16(20)12-3-7-14(18)8-4-12/h3-10,18-19H,2,11H2,1H3. The molecule has 0 radical (unpaired) electrons. The molecule has 0 fully saturated rings. The van der Waals surface area contributed by atoms with Gasteiger partial charge < -0.3 is 15.1 Å². The van der Waals surface area contributed by atoms with Crippen LogP contribution in [0.3, 0.4) is 0 Å². The van der Waals surface area contributed by atoms with E-state index < -0.39 is 0 Å². The van der Waals surface area contributed by atoms with Gasteiger partial charge in [-0.15, -0.1) is 0 Å². The maximum absolute atomic E-state index is 12.5. The number of benzene rings is 2. The summed E-state index contributed by atoms with van der Waals surface area (Å²) in [5.74, 6) is 0.174. The molecule has 0 unspecified atom stereocenters. The Morgan fingerprint density at radius 2 is 1.45 bits per heavy atom. The third-order valence-corrected chi connectivity index (χ3v) is 2.97. The van der Waals surface area contributed by atoms with Crippen molar-refractivity contribution < 1.29 is 15.0 Å². The van der Waals surface area contributed by atoms with Crippen molar-refractivity contribution in [2.45, 2.75) is 13.3 Å². The van der Waals surface area contributed by atoms with E-state index in [1.165, 1.54) is 12.1 Å². The Balaban J connectivity index is 2.30. The molecule has 4 heteroatoms. The Labute approximate surface area is 117 Å². The van der Waals surface area contributed by atoms with Crippen molar-refractivity contribution in [3.8, 4) is 11.5 Å². The van der Waals surface area contributed by atoms with Gasteiger partial charge in [-0.2, -0.15) is 0 Å². The van der Waals surface area contributed by atoms with Crippen LogP contribution in [0.2, 0.25) is 0 Å². The lowest BCUT2D eigenvalue weighted by Gasteiger charge is -2.22. The highest BCUT2D eigenvalue weighted by Gasteiger charge is 2.16. The van der Waals surface area contributed by atoms with Gasteiger partial charge in [0.1, 0.15) is 11.5 Å². The van der Waals surface area contributed by atoms with Crippen molar-refractivity contribution in [1.82, 2.24) is 0 Å². The SMILES string of the molecule is CCCN(C(=O)c1ccc(O)cc1)c1ccc(O)cc1. The van der Waals surface area contributed by atoms with E-state index in [4.69, 9.17) is 0 Å². The van der Waals surface area contributed by atoms with Gasteiger partial charge in [0.25, 0.3) is 5.91 Å². The van der Waals surface area contributed by atoms with Crippen LogP contribution in [0.1, 0.15) is 23.7 Å². The van der Waals surface area contributed by atoms with Gasteiger partial charge in [-0.3, -0.25) is 4.79 Å². The molecule has 0 aliphatic carbocycles. The average Bonchev–Trinajstić information content (AvgIpc) is 2.46. The Bertz CT molecular complexity index is 576. The van der Waals surface area contributed by atoms with Crippen molar-refractivity contribution >= 4 is 11.6 Å². The monoisotopic (exact) mass is 271 g/mol. The fourth-order valence-corrected chi connectivity index (χ4v) is 1.96. The van der Waals surface area contributed by atoms with E-state index in [2.05, 4.69) is 0 Å². The number of phenolic OH excluding ortho intramolecular Hbond substituents is 2. The molecule has 0 aliphatic heterocycles. The molecule has 1 amide bonds. The van der Waals surface area contributed by atoms with Crippen molar-refractivity contribution in [2.75, 3.05) is 11.4 Å². The molecule has 2 N–H and O–H groups in total. The number of carbonyl (C=O) groups excluding carboxylic acids is 1. The van der Waals surface area contributed by atoms with E-state index >= 15 is 0 Å². The molecule has 20 heavy (non-hydrogen) atoms. The summed E-state index contributed by atoms with van der Waals surface area (Å²) < 4.78 is 0. The van der Waals surface area contributed by atoms with Crippen LogP contribution in [0.25, 0.3) is 0 Å². The predicted molar refractivity (Wildman–Crippen MR) is 78.2 cm³/mol. The molecule has 0 aromatic heterocycles. The minimum absolute atomic E-state index is 0.127. The first-order valence-electron chi connectivity index (χ1n) is 6.51. The Hall–Kier alpha value is -2.49. The zero-order valence-electron chi connectivity index (χ0n) is 11.3. The van der Waals surface area contributed by atoms with Gasteiger partial charge in [-0.25, -0.2) is 0 Å². The van der Waals surface area contributed by atoms with E-state index in [0.29, 0.717) is 12.1 Å². The normalized spacial score (nSPS) is 10.2. The summed E-state index contributed by atoms with van der Waals surface area (Å²) in [6.07, 6.45) is 0.824. The highest BCUT2D eigenvalue weighted by atomic mass is 16.3. The smallest absolute Gasteiger partial charge is 0.258 e. The summed E-state index contributed by atoms with van der Waals surface area (Å²) in [6.45, 7) is 2.59. The van der Waals surface area contributed by atoms with Gasteiger partial charge in [-0.1, -0.05) is 6.92 Å². The van der Waals surface area contributed by atoms with Crippen LogP contribution in [0.15, 0.2) is 48.5 Å². The lowest BCUT2D eigenvalue weighted by atomic mass is 10.1. The minimum Gasteiger partial charge on any atom is -0.508 e. The molecular weight excluding hydrogens is 254 g/mol. The number of aromatic hydroxyl groups is 2. The van der Waals surface area contributed by atoms with E-state index in [1.807, 2.05) is 6.92 Å². The Kier molecular flexibility index (Phi) is 4.25. The Morgan fingerprint density at radius 3 is 1.95 bits per heavy atom. The van der Waals surface area contributed by atoms with E-state index in [9.17, 15) is 15.0 Å². The second-order valence-corrected chi connectivity index (χ2v) is 4.52. The maximum atomic E-state index is 12.5. The van der Waals surface area contributed by atoms with E-state index in [1.54, 1.807) is 41.3 Å². The number of hydrogen-bond acceptors (Lipinski definition) is 3. The van der Waals surface area contributed by atoms with Gasteiger partial charge in [0.05, 0.1) is 0 Å². The lowest BCUT2D eigenvalue weighted by Crippen LogP contribution is -2.31. The number of carbonyl (C=O) groups is 1. The first-order valence-corrected chi connectivity index (χ1v) is 6.51. The van der Waals surface area contributed by atoms with Crippen molar-refractivity contribution in [3.05, 3.63) is 54.1 Å². The number of phenols is 2. The van der Waals surface area contributed by atoms with Crippen LogP contribution in [0, 0.1) is 0 Å². The summed E-state index contributed by atoms with van der Waals surface area (Å²) in [6, 6.07) is 12.7. The molecular formula is C16H17NO3. The molecule has 0 spiro atoms. The molecule has 4 nitrogen and oxygen atoms in total. The molecule has 2 rings (SSSR count). The fraction of sp³-hybridized carbons (Fsp3) is 0.188. The molecule has 0 atom stereocenters. The molecule has 0 heterocycles. The zero-order chi connectivity index (χ0) is 14.5. The molecule has 0 aliphatic rings. The van der Waals surface area contributed by atoms with Crippen LogP contribution in [0.5, 0.6) is 11.5 Å². The van der Waals surface area contributed by atoms with Crippen LogP contribution in [0.4, 0.5) is 5.69 Å². The summed E-state index contributed by atoms with van der Waals surface area (Å²) >= 11 is 0. The summed E-state index contributed by atoms with van der Waals surface area (Å²) in [5.41, 5.74) is 1.26. The molecule has 0 bridgehead atoms. The first-order chi connectivity index (χ1) is 9.61. The first kappa shape index (κ1) is 13.9. The summed E-state index contributed by atoms with van der Waals surface area (Å²) in [4.78, 5) is 14.2. The number of hydrogen-bond donors (Lipinski definition) is 2. The van der Waals surface area contributed by atoms with E-state index in [0.717, 1.165) is 12.1 Å². The van der Waals surface area contributed by atoms with Gasteiger partial charge >= 0.3 is 0 Å². The molecule has 104 valence electrons. The lowest BCUT2D eigenvalue weighted by molar-refractivity contribution is 0.0987. The number of nitrogens with zero attached hydrogens (tertiary/aromatic N) is 1. The highest BCUT2D eigenvalue weighted by molar-refractivity contribution is 6.06. The second kappa shape index (κ2) is 6.10. The second-order valence-electron chi connectivity index (χ2n) is 4.52. The summed E-state index contributed by atoms with van der Waals surface area (Å²) in [7, 11) is 0. The molecule has 0 saturated carbocycles. The van der Waals surface area contributed by atoms with Gasteiger partial charge in [0.15, 0.2) is 0 Å². The van der Waals surface area contributed by atoms with Crippen LogP contribution in [-0.4, -0.2) is 22.7 Å². The van der Waals surface area contributed by atoms with Crippen LogP contribution >= 0.6 is 0 Å². The van der Waals surface area contributed by atoms with Crippen LogP contribution < -0.4 is 4.90 Å². The van der Waals surface area contributed by atoms with Gasteiger partial charge in [-0.05, 0) is 55.0 Å². The third kappa shape index (κ3) is 3.09. The number of amides is 1. The number of anilines is 1. The highest BCUT2D eigenvalue weighted by Crippen LogP contribution is 2.21. The third-order valence-electron chi connectivity index (χ3n) is 2.97. The van der Waals surface area contributed by atoms with Crippen LogP contribution in [-0.2, 0) is 0 Å². The van der Waals surface area contributed by atoms with Crippen molar-refractivity contribution in [2.24, 2.45) is 0 Å². The minimum atomic E-state index is -0.127. The molecule has 2 aromatic carbocycles. The molecule has 2 aromatic rings. The largest absolute Gasteiger partial charge is 0.508 e. The fourth-order valence-electron chi connectivity index (χ4n) is 1.96.